The minimum absolute atomic E-state index is 0.0514. The lowest BCUT2D eigenvalue weighted by Gasteiger charge is -2.31. The van der Waals surface area contributed by atoms with Crippen LogP contribution >= 0.6 is 0 Å². The van der Waals surface area contributed by atoms with Crippen LogP contribution < -0.4 is 4.74 Å². The SMILES string of the molecule is CCCCc1ccc(OC(=O)[C@H]2CC[C@H](CC[C@H]3CC[C@H](CC)CC3)CC2)cn1. The van der Waals surface area contributed by atoms with Crippen LogP contribution in [0.25, 0.3) is 0 Å². The summed E-state index contributed by atoms with van der Waals surface area (Å²) in [4.78, 5) is 17.0. The summed E-state index contributed by atoms with van der Waals surface area (Å²) in [7, 11) is 0. The Hall–Kier alpha value is -1.38. The summed E-state index contributed by atoms with van der Waals surface area (Å²) in [5.41, 5.74) is 1.08. The number of pyridine rings is 1. The third kappa shape index (κ3) is 7.12. The number of rotatable bonds is 9. The van der Waals surface area contributed by atoms with Crippen LogP contribution in [0.15, 0.2) is 18.3 Å². The second-order valence-electron chi connectivity index (χ2n) is 9.60. The largest absolute Gasteiger partial charge is 0.425 e. The Bertz CT molecular complexity index is 596. The molecule has 0 aromatic carbocycles. The summed E-state index contributed by atoms with van der Waals surface area (Å²) in [6.07, 6.45) is 19.3. The fraction of sp³-hybridized carbons (Fsp3) is 0.769. The van der Waals surface area contributed by atoms with E-state index in [1.165, 1.54) is 64.2 Å². The maximum absolute atomic E-state index is 12.5. The van der Waals surface area contributed by atoms with Crippen molar-refractivity contribution >= 4 is 5.97 Å². The molecule has 2 aliphatic carbocycles. The first-order valence-electron chi connectivity index (χ1n) is 12.3. The number of carbonyl (C=O) groups is 1. The van der Waals surface area contributed by atoms with E-state index in [0.29, 0.717) is 5.75 Å². The quantitative estimate of drug-likeness (QED) is 0.414. The average Bonchev–Trinajstić information content (AvgIpc) is 2.78. The van der Waals surface area contributed by atoms with E-state index >= 15 is 0 Å². The van der Waals surface area contributed by atoms with Crippen molar-refractivity contribution in [2.24, 2.45) is 23.7 Å². The first kappa shape index (κ1) is 22.3. The summed E-state index contributed by atoms with van der Waals surface area (Å²) >= 11 is 0. The fourth-order valence-corrected chi connectivity index (χ4v) is 5.26. The highest BCUT2D eigenvalue weighted by Gasteiger charge is 2.28. The Morgan fingerprint density at radius 1 is 0.931 bits per heavy atom. The van der Waals surface area contributed by atoms with Crippen molar-refractivity contribution in [2.75, 3.05) is 0 Å². The van der Waals surface area contributed by atoms with E-state index in [0.717, 1.165) is 49.1 Å². The number of hydrogen-bond acceptors (Lipinski definition) is 3. The van der Waals surface area contributed by atoms with Crippen LogP contribution in [-0.4, -0.2) is 11.0 Å². The zero-order valence-electron chi connectivity index (χ0n) is 18.7. The standard InChI is InChI=1S/C26H41NO2/c1-3-5-6-24-17-18-25(19-27-24)29-26(28)23-15-13-22(14-16-23)12-11-21-9-7-20(4-2)8-10-21/h17-23H,3-16H2,1-2H3/t20-,21-,22-,23-. The predicted molar refractivity (Wildman–Crippen MR) is 119 cm³/mol. The van der Waals surface area contributed by atoms with Gasteiger partial charge in [-0.25, -0.2) is 0 Å². The van der Waals surface area contributed by atoms with Gasteiger partial charge in [-0.2, -0.15) is 0 Å². The van der Waals surface area contributed by atoms with E-state index in [9.17, 15) is 4.79 Å². The van der Waals surface area contributed by atoms with Crippen LogP contribution in [0.5, 0.6) is 5.75 Å². The Balaban J connectivity index is 1.34. The van der Waals surface area contributed by atoms with E-state index in [1.54, 1.807) is 6.20 Å². The molecule has 0 saturated heterocycles. The normalized spacial score (nSPS) is 27.5. The van der Waals surface area contributed by atoms with E-state index in [4.69, 9.17) is 4.74 Å². The van der Waals surface area contributed by atoms with Gasteiger partial charge in [0.1, 0.15) is 5.75 Å². The van der Waals surface area contributed by atoms with Crippen LogP contribution in [-0.2, 0) is 11.2 Å². The molecule has 2 fully saturated rings. The third-order valence-corrected chi connectivity index (χ3v) is 7.51. The second kappa shape index (κ2) is 11.7. The lowest BCUT2D eigenvalue weighted by atomic mass is 9.75. The molecule has 1 heterocycles. The van der Waals surface area contributed by atoms with Crippen molar-refractivity contribution < 1.29 is 9.53 Å². The minimum atomic E-state index is -0.0514. The maximum Gasteiger partial charge on any atom is 0.314 e. The Morgan fingerprint density at radius 2 is 1.55 bits per heavy atom. The zero-order valence-corrected chi connectivity index (χ0v) is 18.7. The molecule has 2 saturated carbocycles. The first-order valence-corrected chi connectivity index (χ1v) is 12.3. The molecule has 0 radical (unpaired) electrons. The molecule has 3 rings (SSSR count). The number of unbranched alkanes of at least 4 members (excludes halogenated alkanes) is 1. The van der Waals surface area contributed by atoms with Gasteiger partial charge in [0.05, 0.1) is 12.1 Å². The summed E-state index contributed by atoms with van der Waals surface area (Å²) in [6.45, 7) is 4.52. The predicted octanol–water partition coefficient (Wildman–Crippen LogP) is 7.13. The van der Waals surface area contributed by atoms with Gasteiger partial charge in [-0.05, 0) is 68.4 Å². The molecule has 3 heteroatoms. The molecule has 2 aliphatic rings. The Labute approximate surface area is 178 Å². The van der Waals surface area contributed by atoms with Gasteiger partial charge in [0.25, 0.3) is 0 Å². The zero-order chi connectivity index (χ0) is 20.5. The van der Waals surface area contributed by atoms with E-state index in [2.05, 4.69) is 18.8 Å². The number of esters is 1. The van der Waals surface area contributed by atoms with Gasteiger partial charge in [0.15, 0.2) is 0 Å². The molecule has 0 unspecified atom stereocenters. The van der Waals surface area contributed by atoms with Gasteiger partial charge < -0.3 is 4.74 Å². The molecular formula is C26H41NO2. The third-order valence-electron chi connectivity index (χ3n) is 7.51. The van der Waals surface area contributed by atoms with Crippen molar-refractivity contribution in [2.45, 2.75) is 104 Å². The van der Waals surface area contributed by atoms with Gasteiger partial charge in [-0.1, -0.05) is 65.2 Å². The van der Waals surface area contributed by atoms with E-state index < -0.39 is 0 Å². The number of nitrogens with zero attached hydrogens (tertiary/aromatic N) is 1. The van der Waals surface area contributed by atoms with Gasteiger partial charge >= 0.3 is 5.97 Å². The number of ether oxygens (including phenoxy) is 1. The highest BCUT2D eigenvalue weighted by Crippen LogP contribution is 2.37. The number of carbonyl (C=O) groups excluding carboxylic acids is 1. The van der Waals surface area contributed by atoms with E-state index in [-0.39, 0.29) is 11.9 Å². The molecule has 0 atom stereocenters. The highest BCUT2D eigenvalue weighted by atomic mass is 16.5. The maximum atomic E-state index is 12.5. The molecule has 29 heavy (non-hydrogen) atoms. The second-order valence-corrected chi connectivity index (χ2v) is 9.60. The molecule has 1 aromatic rings. The van der Waals surface area contributed by atoms with Crippen LogP contribution in [0.1, 0.15) is 103 Å². The van der Waals surface area contributed by atoms with Crippen molar-refractivity contribution in [1.29, 1.82) is 0 Å². The molecule has 0 spiro atoms. The van der Waals surface area contributed by atoms with Gasteiger partial charge in [-0.3, -0.25) is 9.78 Å². The Morgan fingerprint density at radius 3 is 2.10 bits per heavy atom. The van der Waals surface area contributed by atoms with Crippen LogP contribution in [0, 0.1) is 23.7 Å². The molecule has 162 valence electrons. The fourth-order valence-electron chi connectivity index (χ4n) is 5.26. The first-order chi connectivity index (χ1) is 14.2. The molecule has 0 bridgehead atoms. The topological polar surface area (TPSA) is 39.2 Å². The number of aryl methyl sites for hydroxylation is 1. The summed E-state index contributed by atoms with van der Waals surface area (Å²) in [5, 5.41) is 0. The van der Waals surface area contributed by atoms with Gasteiger partial charge in [0, 0.05) is 5.69 Å². The molecule has 0 aliphatic heterocycles. The average molecular weight is 400 g/mol. The lowest BCUT2D eigenvalue weighted by Crippen LogP contribution is -2.26. The van der Waals surface area contributed by atoms with Gasteiger partial charge in [-0.15, -0.1) is 0 Å². The lowest BCUT2D eigenvalue weighted by molar-refractivity contribution is -0.140. The van der Waals surface area contributed by atoms with E-state index in [1.807, 2.05) is 12.1 Å². The molecule has 0 amide bonds. The molecule has 3 nitrogen and oxygen atoms in total. The van der Waals surface area contributed by atoms with Crippen LogP contribution in [0.3, 0.4) is 0 Å². The van der Waals surface area contributed by atoms with Crippen LogP contribution in [0.2, 0.25) is 0 Å². The summed E-state index contributed by atoms with van der Waals surface area (Å²) in [6, 6.07) is 3.89. The summed E-state index contributed by atoms with van der Waals surface area (Å²) < 4.78 is 5.62. The minimum Gasteiger partial charge on any atom is -0.425 e. The van der Waals surface area contributed by atoms with Gasteiger partial charge in [0.2, 0.25) is 0 Å². The molecular weight excluding hydrogens is 358 g/mol. The van der Waals surface area contributed by atoms with Crippen molar-refractivity contribution in [3.63, 3.8) is 0 Å². The van der Waals surface area contributed by atoms with Crippen molar-refractivity contribution in [3.8, 4) is 5.75 Å². The smallest absolute Gasteiger partial charge is 0.314 e. The molecule has 0 N–H and O–H groups in total. The Kier molecular flexibility index (Phi) is 9.01. The number of hydrogen-bond donors (Lipinski definition) is 0. The monoisotopic (exact) mass is 399 g/mol. The van der Waals surface area contributed by atoms with Crippen molar-refractivity contribution in [3.05, 3.63) is 24.0 Å². The highest BCUT2D eigenvalue weighted by molar-refractivity contribution is 5.75. The van der Waals surface area contributed by atoms with Crippen molar-refractivity contribution in [1.82, 2.24) is 4.98 Å². The summed E-state index contributed by atoms with van der Waals surface area (Å²) in [5.74, 6) is 3.40. The number of aromatic nitrogens is 1. The van der Waals surface area contributed by atoms with Crippen LogP contribution in [0.4, 0.5) is 0 Å². The molecule has 1 aromatic heterocycles.